The van der Waals surface area contributed by atoms with Gasteiger partial charge in [0.1, 0.15) is 0 Å². The van der Waals surface area contributed by atoms with Crippen LogP contribution >= 0.6 is 0 Å². The van der Waals surface area contributed by atoms with E-state index in [2.05, 4.69) is 10.6 Å². The monoisotopic (exact) mass is 426 g/mol. The highest BCUT2D eigenvalue weighted by Gasteiger charge is 2.47. The van der Waals surface area contributed by atoms with Crippen molar-refractivity contribution in [2.75, 3.05) is 19.7 Å². The van der Waals surface area contributed by atoms with Crippen molar-refractivity contribution in [3.05, 3.63) is 12.2 Å². The molecule has 9 heteroatoms. The molecule has 2 aliphatic rings. The number of aliphatic hydroxyl groups excluding tert-OH is 1. The lowest BCUT2D eigenvalue weighted by Crippen LogP contribution is -2.40. The second-order valence-electron chi connectivity index (χ2n) is 7.92. The SMILES string of the molecule is CCCCNC(=O)OCC(=O)NC[C@H]1C(C/C=C\CC[C@@H](O)C(=O)O)[C@H]2CC[C@@H]1O2. The lowest BCUT2D eigenvalue weighted by atomic mass is 9.77. The summed E-state index contributed by atoms with van der Waals surface area (Å²) in [7, 11) is 0. The fourth-order valence-electron chi connectivity index (χ4n) is 4.06. The van der Waals surface area contributed by atoms with Crippen LogP contribution < -0.4 is 10.6 Å². The first kappa shape index (κ1) is 24.1. The zero-order valence-corrected chi connectivity index (χ0v) is 17.5. The molecule has 2 aliphatic heterocycles. The number of carboxylic acid groups (broad SMARTS) is 1. The quantitative estimate of drug-likeness (QED) is 0.259. The van der Waals surface area contributed by atoms with E-state index in [1.54, 1.807) is 0 Å². The number of carbonyl (C=O) groups excluding carboxylic acids is 2. The number of unbranched alkanes of at least 4 members (excludes halogenated alkanes) is 1. The van der Waals surface area contributed by atoms with Crippen molar-refractivity contribution in [3.63, 3.8) is 0 Å². The number of carbonyl (C=O) groups is 3. The second-order valence-corrected chi connectivity index (χ2v) is 7.92. The summed E-state index contributed by atoms with van der Waals surface area (Å²) >= 11 is 0. The predicted octanol–water partition coefficient (Wildman–Crippen LogP) is 1.59. The van der Waals surface area contributed by atoms with E-state index in [-0.39, 0.29) is 43.0 Å². The Morgan fingerprint density at radius 3 is 2.60 bits per heavy atom. The summed E-state index contributed by atoms with van der Waals surface area (Å²) < 4.78 is 10.9. The summed E-state index contributed by atoms with van der Waals surface area (Å²) in [6.45, 7) is 2.71. The average Bonchev–Trinajstić information content (AvgIpc) is 3.32. The van der Waals surface area contributed by atoms with Crippen molar-refractivity contribution in [3.8, 4) is 0 Å². The van der Waals surface area contributed by atoms with Crippen LogP contribution in [0.25, 0.3) is 0 Å². The van der Waals surface area contributed by atoms with Crippen LogP contribution in [0.15, 0.2) is 12.2 Å². The molecule has 2 rings (SSSR count). The minimum Gasteiger partial charge on any atom is -0.479 e. The Bertz CT molecular complexity index is 610. The van der Waals surface area contributed by atoms with Crippen LogP contribution in [-0.4, -0.2) is 66.2 Å². The van der Waals surface area contributed by atoms with Gasteiger partial charge in [0.15, 0.2) is 12.7 Å². The molecule has 0 aromatic heterocycles. The third-order valence-corrected chi connectivity index (χ3v) is 5.73. The summed E-state index contributed by atoms with van der Waals surface area (Å²) in [4.78, 5) is 34.1. The molecule has 2 bridgehead atoms. The van der Waals surface area contributed by atoms with E-state index in [0.717, 1.165) is 32.1 Å². The minimum atomic E-state index is -1.33. The van der Waals surface area contributed by atoms with Gasteiger partial charge in [0.2, 0.25) is 0 Å². The number of rotatable bonds is 13. The third-order valence-electron chi connectivity index (χ3n) is 5.73. The van der Waals surface area contributed by atoms with Gasteiger partial charge in [0.25, 0.3) is 5.91 Å². The highest BCUT2D eigenvalue weighted by Crippen LogP contribution is 2.44. The number of carboxylic acids is 1. The molecule has 0 radical (unpaired) electrons. The number of ether oxygens (including phenoxy) is 2. The Balaban J connectivity index is 1.70. The van der Waals surface area contributed by atoms with E-state index in [4.69, 9.17) is 14.6 Å². The normalized spacial score (nSPS) is 25.9. The first-order valence-corrected chi connectivity index (χ1v) is 10.8. The highest BCUT2D eigenvalue weighted by molar-refractivity contribution is 5.80. The molecule has 2 heterocycles. The number of fused-ring (bicyclic) bond motifs is 2. The predicted molar refractivity (Wildman–Crippen MR) is 109 cm³/mol. The third kappa shape index (κ3) is 7.60. The van der Waals surface area contributed by atoms with E-state index in [9.17, 15) is 19.5 Å². The standard InChI is InChI=1S/C21H34N2O7/c1-2-3-11-22-21(28)29-13-19(25)23-12-15-14(17-9-10-18(15)30-17)7-5-4-6-8-16(24)20(26)27/h4-5,14-18,24H,2-3,6-13H2,1H3,(H,22,28)(H,23,25)(H,26,27)/b5-4-/t14?,15-,16+,17+,18-/m0/s1. The van der Waals surface area contributed by atoms with Crippen molar-refractivity contribution in [1.82, 2.24) is 10.6 Å². The molecule has 0 aromatic carbocycles. The summed E-state index contributed by atoms with van der Waals surface area (Å²) in [5.74, 6) is -1.06. The van der Waals surface area contributed by atoms with Crippen molar-refractivity contribution in [2.45, 2.75) is 70.2 Å². The topological polar surface area (TPSA) is 134 Å². The maximum atomic E-state index is 12.0. The van der Waals surface area contributed by atoms with Gasteiger partial charge in [-0.15, -0.1) is 0 Å². The maximum absolute atomic E-state index is 12.0. The fraction of sp³-hybridized carbons (Fsp3) is 0.762. The van der Waals surface area contributed by atoms with E-state index < -0.39 is 18.2 Å². The highest BCUT2D eigenvalue weighted by atomic mass is 16.6. The molecule has 0 aromatic rings. The van der Waals surface area contributed by atoms with Gasteiger partial charge in [0.05, 0.1) is 12.2 Å². The van der Waals surface area contributed by atoms with Crippen LogP contribution in [0.5, 0.6) is 0 Å². The molecule has 5 atom stereocenters. The zero-order chi connectivity index (χ0) is 21.9. The van der Waals surface area contributed by atoms with Crippen molar-refractivity contribution >= 4 is 18.0 Å². The van der Waals surface area contributed by atoms with Crippen LogP contribution in [0.1, 0.15) is 51.9 Å². The van der Waals surface area contributed by atoms with Crippen LogP contribution in [0.4, 0.5) is 4.79 Å². The lowest BCUT2D eigenvalue weighted by Gasteiger charge is -2.27. The fourth-order valence-corrected chi connectivity index (χ4v) is 4.06. The van der Waals surface area contributed by atoms with Gasteiger partial charge in [-0.1, -0.05) is 25.5 Å². The van der Waals surface area contributed by atoms with E-state index in [1.807, 2.05) is 19.1 Å². The summed E-state index contributed by atoms with van der Waals surface area (Å²) in [5, 5.41) is 23.4. The number of amides is 2. The van der Waals surface area contributed by atoms with Crippen LogP contribution in [0.3, 0.4) is 0 Å². The van der Waals surface area contributed by atoms with E-state index in [0.29, 0.717) is 19.5 Å². The molecular formula is C21H34N2O7. The van der Waals surface area contributed by atoms with Gasteiger partial charge in [-0.05, 0) is 44.4 Å². The zero-order valence-electron chi connectivity index (χ0n) is 17.5. The average molecular weight is 427 g/mol. The number of alkyl carbamates (subject to hydrolysis) is 1. The number of aliphatic hydroxyl groups is 1. The molecule has 2 amide bonds. The number of hydrogen-bond donors (Lipinski definition) is 4. The number of allylic oxidation sites excluding steroid dienone is 2. The minimum absolute atomic E-state index is 0.126. The summed E-state index contributed by atoms with van der Waals surface area (Å²) in [6.07, 6.45) is 7.54. The Morgan fingerprint density at radius 1 is 1.17 bits per heavy atom. The van der Waals surface area contributed by atoms with Gasteiger partial charge >= 0.3 is 12.1 Å². The molecule has 2 fully saturated rings. The molecule has 4 N–H and O–H groups in total. The first-order valence-electron chi connectivity index (χ1n) is 10.8. The van der Waals surface area contributed by atoms with Gasteiger partial charge in [-0.3, -0.25) is 4.79 Å². The van der Waals surface area contributed by atoms with Crippen molar-refractivity contribution in [1.29, 1.82) is 0 Å². The molecule has 30 heavy (non-hydrogen) atoms. The molecule has 1 unspecified atom stereocenters. The number of aliphatic carboxylic acids is 1. The van der Waals surface area contributed by atoms with Crippen molar-refractivity contribution < 1.29 is 34.1 Å². The van der Waals surface area contributed by atoms with E-state index in [1.165, 1.54) is 0 Å². The van der Waals surface area contributed by atoms with E-state index >= 15 is 0 Å². The Labute approximate surface area is 177 Å². The van der Waals surface area contributed by atoms with Gasteiger partial charge in [-0.25, -0.2) is 9.59 Å². The molecular weight excluding hydrogens is 392 g/mol. The van der Waals surface area contributed by atoms with Crippen LogP contribution in [0.2, 0.25) is 0 Å². The van der Waals surface area contributed by atoms with Crippen LogP contribution in [-0.2, 0) is 19.1 Å². The van der Waals surface area contributed by atoms with Gasteiger partial charge < -0.3 is 30.3 Å². The number of nitrogens with one attached hydrogen (secondary N) is 2. The van der Waals surface area contributed by atoms with Gasteiger partial charge in [-0.2, -0.15) is 0 Å². The Morgan fingerprint density at radius 2 is 1.90 bits per heavy atom. The number of hydrogen-bond acceptors (Lipinski definition) is 6. The second kappa shape index (κ2) is 12.5. The van der Waals surface area contributed by atoms with Gasteiger partial charge in [0, 0.05) is 19.0 Å². The molecule has 0 saturated carbocycles. The Kier molecular flexibility index (Phi) is 10.1. The summed E-state index contributed by atoms with van der Waals surface area (Å²) in [6, 6.07) is 0. The lowest BCUT2D eigenvalue weighted by molar-refractivity contribution is -0.146. The molecule has 0 spiro atoms. The molecule has 170 valence electrons. The molecule has 0 aliphatic carbocycles. The smallest absolute Gasteiger partial charge is 0.407 e. The molecule has 2 saturated heterocycles. The Hall–Kier alpha value is -2.13. The van der Waals surface area contributed by atoms with Crippen LogP contribution in [0, 0.1) is 11.8 Å². The van der Waals surface area contributed by atoms with Crippen molar-refractivity contribution in [2.24, 2.45) is 11.8 Å². The summed E-state index contributed by atoms with van der Waals surface area (Å²) in [5.41, 5.74) is 0. The molecule has 9 nitrogen and oxygen atoms in total. The largest absolute Gasteiger partial charge is 0.479 e. The maximum Gasteiger partial charge on any atom is 0.407 e. The first-order chi connectivity index (χ1) is 14.4.